The van der Waals surface area contributed by atoms with Gasteiger partial charge in [-0.1, -0.05) is 35.3 Å². The van der Waals surface area contributed by atoms with Crippen LogP contribution in [-0.2, 0) is 4.74 Å². The lowest BCUT2D eigenvalue weighted by Crippen LogP contribution is -2.42. The van der Waals surface area contributed by atoms with Gasteiger partial charge in [-0.15, -0.1) is 0 Å². The van der Waals surface area contributed by atoms with E-state index in [0.717, 1.165) is 22.8 Å². The minimum atomic E-state index is -0.433. The molecule has 1 fully saturated rings. The topological polar surface area (TPSA) is 71.6 Å². The van der Waals surface area contributed by atoms with Crippen LogP contribution < -0.4 is 10.3 Å². The number of H-pyrrole nitrogens is 1. The zero-order valence-electron chi connectivity index (χ0n) is 12.4. The largest absolute Gasteiger partial charge is 0.497 e. The van der Waals surface area contributed by atoms with Gasteiger partial charge >= 0.3 is 0 Å². The van der Waals surface area contributed by atoms with Gasteiger partial charge in [0, 0.05) is 6.54 Å². The second-order valence-corrected chi connectivity index (χ2v) is 6.26. The number of morpholine rings is 1. The number of aromatic amines is 1. The number of aromatic nitrogens is 1. The van der Waals surface area contributed by atoms with Crippen LogP contribution in [0.25, 0.3) is 0 Å². The molecule has 1 N–H and O–H groups in total. The van der Waals surface area contributed by atoms with Crippen molar-refractivity contribution in [3.8, 4) is 5.75 Å². The first kappa shape index (κ1) is 16.0. The fraction of sp³-hybridized carbons (Fsp3) is 0.333. The summed E-state index contributed by atoms with van der Waals surface area (Å²) in [5.41, 5.74) is 0.507. The molecule has 0 radical (unpaired) electrons. The fourth-order valence-electron chi connectivity index (χ4n) is 2.45. The zero-order valence-corrected chi connectivity index (χ0v) is 13.9. The zero-order chi connectivity index (χ0) is 16.4. The van der Waals surface area contributed by atoms with E-state index in [0.29, 0.717) is 19.7 Å². The lowest BCUT2D eigenvalue weighted by molar-refractivity contribution is -0.0227. The monoisotopic (exact) mass is 354 g/mol. The number of nitrogens with zero attached hydrogens (tertiary/aromatic N) is 1. The molecule has 2 aromatic rings. The van der Waals surface area contributed by atoms with Crippen LogP contribution in [0.5, 0.6) is 5.75 Å². The third-order valence-electron chi connectivity index (χ3n) is 3.66. The smallest absolute Gasteiger partial charge is 0.277 e. The highest BCUT2D eigenvalue weighted by molar-refractivity contribution is 7.08. The van der Waals surface area contributed by atoms with Crippen LogP contribution in [0.3, 0.4) is 0 Å². The second-order valence-electron chi connectivity index (χ2n) is 5.06. The molecule has 6 nitrogen and oxygen atoms in total. The summed E-state index contributed by atoms with van der Waals surface area (Å²) in [6, 6.07) is 7.56. The summed E-state index contributed by atoms with van der Waals surface area (Å²) in [7, 11) is 1.60. The van der Waals surface area contributed by atoms with Gasteiger partial charge in [0.15, 0.2) is 0 Å². The number of hydrogen-bond acceptors (Lipinski definition) is 5. The molecule has 1 unspecified atom stereocenters. The van der Waals surface area contributed by atoms with Crippen molar-refractivity contribution in [2.75, 3.05) is 26.8 Å². The first-order valence-electron chi connectivity index (χ1n) is 7.02. The summed E-state index contributed by atoms with van der Waals surface area (Å²) >= 11 is 6.85. The summed E-state index contributed by atoms with van der Waals surface area (Å²) in [5.74, 6) is 0.482. The Morgan fingerprint density at radius 1 is 1.52 bits per heavy atom. The molecule has 122 valence electrons. The molecule has 1 amide bonds. The van der Waals surface area contributed by atoms with E-state index in [9.17, 15) is 9.59 Å². The Bertz CT molecular complexity index is 773. The van der Waals surface area contributed by atoms with Crippen LogP contribution in [0.4, 0.5) is 0 Å². The maximum Gasteiger partial charge on any atom is 0.277 e. The Kier molecular flexibility index (Phi) is 4.70. The van der Waals surface area contributed by atoms with E-state index in [2.05, 4.69) is 4.37 Å². The van der Waals surface area contributed by atoms with Crippen LogP contribution in [0.1, 0.15) is 21.3 Å². The normalized spacial score (nSPS) is 18.0. The van der Waals surface area contributed by atoms with Crippen molar-refractivity contribution in [3.63, 3.8) is 0 Å². The summed E-state index contributed by atoms with van der Waals surface area (Å²) in [6.07, 6.45) is -0.239. The molecular formula is C15H15ClN2O4S. The maximum atomic E-state index is 12.5. The van der Waals surface area contributed by atoms with Crippen molar-refractivity contribution in [3.05, 3.63) is 50.1 Å². The lowest BCUT2D eigenvalue weighted by atomic mass is 10.1. The van der Waals surface area contributed by atoms with E-state index >= 15 is 0 Å². The molecule has 1 saturated heterocycles. The van der Waals surface area contributed by atoms with Gasteiger partial charge in [0.2, 0.25) is 0 Å². The molecule has 3 rings (SSSR count). The van der Waals surface area contributed by atoms with Gasteiger partial charge in [0.25, 0.3) is 11.5 Å². The first-order chi connectivity index (χ1) is 11.1. The van der Waals surface area contributed by atoms with Crippen LogP contribution >= 0.6 is 23.1 Å². The van der Waals surface area contributed by atoms with E-state index in [1.807, 2.05) is 24.3 Å². The average Bonchev–Trinajstić information content (AvgIpc) is 2.93. The minimum absolute atomic E-state index is 0.0515. The molecule has 8 heteroatoms. The van der Waals surface area contributed by atoms with Gasteiger partial charge in [-0.25, -0.2) is 0 Å². The molecule has 23 heavy (non-hydrogen) atoms. The minimum Gasteiger partial charge on any atom is -0.497 e. The number of benzene rings is 1. The van der Waals surface area contributed by atoms with Crippen molar-refractivity contribution in [2.45, 2.75) is 6.10 Å². The fourth-order valence-corrected chi connectivity index (χ4v) is 3.44. The summed E-state index contributed by atoms with van der Waals surface area (Å²) in [6.45, 7) is 1.28. The van der Waals surface area contributed by atoms with Crippen molar-refractivity contribution >= 4 is 29.0 Å². The molecule has 0 aliphatic carbocycles. The number of carbonyl (C=O) groups is 1. The van der Waals surface area contributed by atoms with Gasteiger partial charge in [-0.05, 0) is 17.7 Å². The van der Waals surface area contributed by atoms with E-state index < -0.39 is 5.56 Å². The number of halogens is 1. The molecule has 2 heterocycles. The summed E-state index contributed by atoms with van der Waals surface area (Å²) in [5, 5.41) is -0.0515. The third-order valence-corrected chi connectivity index (χ3v) is 5.00. The highest BCUT2D eigenvalue weighted by atomic mass is 35.5. The van der Waals surface area contributed by atoms with Crippen molar-refractivity contribution in [1.29, 1.82) is 0 Å². The van der Waals surface area contributed by atoms with Gasteiger partial charge in [-0.3, -0.25) is 14.0 Å². The molecule has 1 atom stereocenters. The first-order valence-corrected chi connectivity index (χ1v) is 8.21. The van der Waals surface area contributed by atoms with E-state index in [1.54, 1.807) is 12.0 Å². The number of carbonyl (C=O) groups excluding carboxylic acids is 1. The second kappa shape index (κ2) is 6.74. The number of ether oxygens (including phenoxy) is 2. The molecule has 0 spiro atoms. The van der Waals surface area contributed by atoms with E-state index in [-0.39, 0.29) is 21.9 Å². The number of rotatable bonds is 3. The predicted octanol–water partition coefficient (Wildman–Crippen LogP) is 2.31. The van der Waals surface area contributed by atoms with Crippen molar-refractivity contribution in [2.24, 2.45) is 0 Å². The Balaban J connectivity index is 1.79. The van der Waals surface area contributed by atoms with Crippen LogP contribution in [0.15, 0.2) is 29.1 Å². The molecule has 1 aromatic carbocycles. The van der Waals surface area contributed by atoms with Crippen molar-refractivity contribution in [1.82, 2.24) is 9.27 Å². The van der Waals surface area contributed by atoms with Gasteiger partial charge in [0.05, 0.1) is 20.3 Å². The SMILES string of the molecule is COc1cccc(C2CN(C(=O)c3s[nH]c(=O)c3Cl)CCO2)c1. The highest BCUT2D eigenvalue weighted by Crippen LogP contribution is 2.27. The number of amides is 1. The Morgan fingerprint density at radius 3 is 3.04 bits per heavy atom. The van der Waals surface area contributed by atoms with Crippen LogP contribution in [-0.4, -0.2) is 42.0 Å². The van der Waals surface area contributed by atoms with Crippen molar-refractivity contribution < 1.29 is 14.3 Å². The Labute approximate surface area is 141 Å². The molecule has 1 aromatic heterocycles. The molecular weight excluding hydrogens is 340 g/mol. The van der Waals surface area contributed by atoms with Crippen LogP contribution in [0.2, 0.25) is 5.02 Å². The van der Waals surface area contributed by atoms with Crippen LogP contribution in [0, 0.1) is 0 Å². The summed E-state index contributed by atoms with van der Waals surface area (Å²) in [4.78, 5) is 25.8. The quantitative estimate of drug-likeness (QED) is 0.918. The number of methoxy groups -OCH3 is 1. The number of hydrogen-bond donors (Lipinski definition) is 1. The van der Waals surface area contributed by atoms with E-state index in [1.165, 1.54) is 0 Å². The van der Waals surface area contributed by atoms with Gasteiger partial charge < -0.3 is 14.4 Å². The standard InChI is InChI=1S/C15H15ClN2O4S/c1-21-10-4-2-3-9(7-10)11-8-18(5-6-22-11)15(20)13-12(16)14(19)17-23-13/h2-4,7,11H,5-6,8H2,1H3,(H,17,19). The van der Waals surface area contributed by atoms with E-state index in [4.69, 9.17) is 21.1 Å². The predicted molar refractivity (Wildman–Crippen MR) is 87.5 cm³/mol. The molecule has 0 saturated carbocycles. The number of nitrogens with one attached hydrogen (secondary N) is 1. The molecule has 1 aliphatic heterocycles. The molecule has 0 bridgehead atoms. The van der Waals surface area contributed by atoms with Gasteiger partial charge in [0.1, 0.15) is 21.8 Å². The Morgan fingerprint density at radius 2 is 2.35 bits per heavy atom. The highest BCUT2D eigenvalue weighted by Gasteiger charge is 2.29. The maximum absolute atomic E-state index is 12.5. The third kappa shape index (κ3) is 3.26. The average molecular weight is 355 g/mol. The Hall–Kier alpha value is -1.83. The lowest BCUT2D eigenvalue weighted by Gasteiger charge is -2.33. The molecule has 1 aliphatic rings. The summed E-state index contributed by atoms with van der Waals surface area (Å²) < 4.78 is 13.5. The van der Waals surface area contributed by atoms with Gasteiger partial charge in [-0.2, -0.15) is 0 Å².